The maximum atomic E-state index is 13.0. The van der Waals surface area contributed by atoms with Crippen molar-refractivity contribution in [2.24, 2.45) is 0 Å². The summed E-state index contributed by atoms with van der Waals surface area (Å²) in [6.45, 7) is 4.78. The van der Waals surface area contributed by atoms with Gasteiger partial charge < -0.3 is 4.74 Å². The lowest BCUT2D eigenvalue weighted by molar-refractivity contribution is 0.300. The van der Waals surface area contributed by atoms with Crippen molar-refractivity contribution in [2.75, 3.05) is 6.61 Å². The van der Waals surface area contributed by atoms with E-state index in [1.54, 1.807) is 0 Å². The zero-order valence-electron chi connectivity index (χ0n) is 18.0. The first kappa shape index (κ1) is 21.2. The number of aromatic amines is 1. The third-order valence-electron chi connectivity index (χ3n) is 5.10. The number of hydrogen-bond donors (Lipinski definition) is 1. The van der Waals surface area contributed by atoms with Crippen LogP contribution in [0.3, 0.4) is 0 Å². The van der Waals surface area contributed by atoms with E-state index in [0.29, 0.717) is 31.9 Å². The van der Waals surface area contributed by atoms with Gasteiger partial charge in [0.25, 0.3) is 5.56 Å². The molecule has 32 heavy (non-hydrogen) atoms. The molecule has 4 rings (SSSR count). The second-order valence-electron chi connectivity index (χ2n) is 7.25. The van der Waals surface area contributed by atoms with Crippen LogP contribution in [-0.4, -0.2) is 36.4 Å². The van der Waals surface area contributed by atoms with E-state index in [9.17, 15) is 9.59 Å². The first-order valence-corrected chi connectivity index (χ1v) is 10.5. The van der Waals surface area contributed by atoms with Gasteiger partial charge in [0.15, 0.2) is 0 Å². The van der Waals surface area contributed by atoms with Crippen LogP contribution in [0, 0.1) is 0 Å². The Morgan fingerprint density at radius 2 is 1.72 bits per heavy atom. The van der Waals surface area contributed by atoms with Gasteiger partial charge >= 0.3 is 5.69 Å². The minimum Gasteiger partial charge on any atom is -0.479 e. The largest absolute Gasteiger partial charge is 0.479 e. The summed E-state index contributed by atoms with van der Waals surface area (Å²) in [7, 11) is 0. The van der Waals surface area contributed by atoms with Crippen LogP contribution < -0.4 is 16.0 Å². The summed E-state index contributed by atoms with van der Waals surface area (Å²) in [6, 6.07) is 17.1. The van der Waals surface area contributed by atoms with Gasteiger partial charge in [-0.05, 0) is 35.2 Å². The molecule has 0 aliphatic carbocycles. The number of aromatic nitrogens is 6. The summed E-state index contributed by atoms with van der Waals surface area (Å²) in [6.07, 6.45) is 0.692. The van der Waals surface area contributed by atoms with Crippen molar-refractivity contribution < 1.29 is 4.74 Å². The number of nitrogens with zero attached hydrogens (tertiary/aromatic N) is 5. The van der Waals surface area contributed by atoms with Crippen LogP contribution in [0.2, 0.25) is 0 Å². The fourth-order valence-electron chi connectivity index (χ4n) is 3.62. The molecule has 0 aliphatic heterocycles. The van der Waals surface area contributed by atoms with Crippen molar-refractivity contribution in [3.63, 3.8) is 0 Å². The van der Waals surface area contributed by atoms with Gasteiger partial charge in [0.05, 0.1) is 19.2 Å². The van der Waals surface area contributed by atoms with Crippen LogP contribution >= 0.6 is 0 Å². The molecule has 0 atom stereocenters. The van der Waals surface area contributed by atoms with Crippen LogP contribution in [0.4, 0.5) is 0 Å². The highest BCUT2D eigenvalue weighted by Crippen LogP contribution is 2.29. The number of tetrazole rings is 1. The van der Waals surface area contributed by atoms with Crippen LogP contribution in [0.1, 0.15) is 25.8 Å². The predicted molar refractivity (Wildman–Crippen MR) is 121 cm³/mol. The van der Waals surface area contributed by atoms with E-state index in [-0.39, 0.29) is 17.1 Å². The average molecular weight is 432 g/mol. The maximum absolute atomic E-state index is 13.0. The SMILES string of the molecule is CCCn1c(=O)cc(OCC)n(Cc2ccc(-c3ccccc3-c3nn[nH]n3)cc2)c1=O. The molecule has 0 saturated carbocycles. The molecular formula is C23H24N6O3. The highest BCUT2D eigenvalue weighted by molar-refractivity contribution is 5.80. The second-order valence-corrected chi connectivity index (χ2v) is 7.25. The molecule has 1 N–H and O–H groups in total. The van der Waals surface area contributed by atoms with Crippen molar-refractivity contribution in [1.29, 1.82) is 0 Å². The van der Waals surface area contributed by atoms with E-state index < -0.39 is 0 Å². The number of ether oxygens (including phenoxy) is 1. The molecule has 9 heteroatoms. The topological polar surface area (TPSA) is 108 Å². The number of nitrogens with one attached hydrogen (secondary N) is 1. The first-order valence-electron chi connectivity index (χ1n) is 10.5. The summed E-state index contributed by atoms with van der Waals surface area (Å²) in [5, 5.41) is 14.3. The van der Waals surface area contributed by atoms with Gasteiger partial charge in [0, 0.05) is 12.1 Å². The van der Waals surface area contributed by atoms with E-state index in [4.69, 9.17) is 4.74 Å². The Hall–Kier alpha value is -4.01. The highest BCUT2D eigenvalue weighted by Gasteiger charge is 2.14. The molecule has 0 saturated heterocycles. The molecule has 2 aromatic heterocycles. The molecule has 9 nitrogen and oxygen atoms in total. The van der Waals surface area contributed by atoms with E-state index >= 15 is 0 Å². The number of H-pyrrole nitrogens is 1. The maximum Gasteiger partial charge on any atom is 0.334 e. The van der Waals surface area contributed by atoms with Gasteiger partial charge in [-0.1, -0.05) is 55.5 Å². The smallest absolute Gasteiger partial charge is 0.334 e. The van der Waals surface area contributed by atoms with E-state index in [1.807, 2.05) is 62.4 Å². The lowest BCUT2D eigenvalue weighted by Crippen LogP contribution is -2.40. The van der Waals surface area contributed by atoms with Gasteiger partial charge in [0.1, 0.15) is 0 Å². The molecule has 0 unspecified atom stereocenters. The van der Waals surface area contributed by atoms with Gasteiger partial charge in [-0.25, -0.2) is 4.79 Å². The third kappa shape index (κ3) is 4.22. The minimum atomic E-state index is -0.366. The summed E-state index contributed by atoms with van der Waals surface area (Å²) in [5.74, 6) is 0.803. The molecule has 0 radical (unpaired) electrons. The van der Waals surface area contributed by atoms with E-state index in [0.717, 1.165) is 22.3 Å². The Bertz CT molecular complexity index is 1310. The number of rotatable bonds is 8. The van der Waals surface area contributed by atoms with Crippen molar-refractivity contribution in [1.82, 2.24) is 29.8 Å². The summed E-state index contributed by atoms with van der Waals surface area (Å²) >= 11 is 0. The van der Waals surface area contributed by atoms with Crippen LogP contribution in [0.25, 0.3) is 22.5 Å². The van der Waals surface area contributed by atoms with Crippen LogP contribution in [-0.2, 0) is 13.1 Å². The average Bonchev–Trinajstić information content (AvgIpc) is 3.35. The Morgan fingerprint density at radius 3 is 2.38 bits per heavy atom. The standard InChI is InChI=1S/C23H24N6O3/c1-3-13-28-20(30)14-21(32-4-2)29(23(28)31)15-16-9-11-17(12-10-16)18-7-5-6-8-19(18)22-24-26-27-25-22/h5-12,14H,3-4,13,15H2,1-2H3,(H,24,25,26,27). The summed E-state index contributed by atoms with van der Waals surface area (Å²) in [5.41, 5.74) is 3.04. The Kier molecular flexibility index (Phi) is 6.25. The Morgan fingerprint density at radius 1 is 0.969 bits per heavy atom. The molecular weight excluding hydrogens is 408 g/mol. The lowest BCUT2D eigenvalue weighted by Gasteiger charge is -2.15. The van der Waals surface area contributed by atoms with Gasteiger partial charge in [0.2, 0.25) is 11.7 Å². The van der Waals surface area contributed by atoms with Gasteiger partial charge in [-0.3, -0.25) is 13.9 Å². The fourth-order valence-corrected chi connectivity index (χ4v) is 3.62. The van der Waals surface area contributed by atoms with Gasteiger partial charge in [-0.2, -0.15) is 5.21 Å². The molecule has 0 amide bonds. The third-order valence-corrected chi connectivity index (χ3v) is 5.10. The molecule has 2 heterocycles. The molecule has 0 spiro atoms. The zero-order chi connectivity index (χ0) is 22.5. The van der Waals surface area contributed by atoms with Crippen LogP contribution in [0.5, 0.6) is 5.88 Å². The summed E-state index contributed by atoms with van der Waals surface area (Å²) in [4.78, 5) is 25.3. The quantitative estimate of drug-likeness (QED) is 0.459. The number of hydrogen-bond acceptors (Lipinski definition) is 6. The Balaban J connectivity index is 1.68. The van der Waals surface area contributed by atoms with Crippen LogP contribution in [0.15, 0.2) is 64.2 Å². The summed E-state index contributed by atoms with van der Waals surface area (Å²) < 4.78 is 8.33. The molecule has 2 aromatic carbocycles. The monoisotopic (exact) mass is 432 g/mol. The zero-order valence-corrected chi connectivity index (χ0v) is 18.0. The molecule has 0 fully saturated rings. The number of benzene rings is 2. The van der Waals surface area contributed by atoms with Crippen molar-refractivity contribution in [3.8, 4) is 28.4 Å². The first-order chi connectivity index (χ1) is 15.6. The fraction of sp³-hybridized carbons (Fsp3) is 0.261. The lowest BCUT2D eigenvalue weighted by atomic mass is 9.98. The van der Waals surface area contributed by atoms with Crippen molar-refractivity contribution in [2.45, 2.75) is 33.4 Å². The van der Waals surface area contributed by atoms with Gasteiger partial charge in [-0.15, -0.1) is 10.2 Å². The van der Waals surface area contributed by atoms with E-state index in [2.05, 4.69) is 20.6 Å². The van der Waals surface area contributed by atoms with Crippen molar-refractivity contribution >= 4 is 0 Å². The molecule has 0 aliphatic rings. The second kappa shape index (κ2) is 9.42. The molecule has 164 valence electrons. The molecule has 4 aromatic rings. The van der Waals surface area contributed by atoms with Crippen molar-refractivity contribution in [3.05, 3.63) is 81.0 Å². The highest BCUT2D eigenvalue weighted by atomic mass is 16.5. The molecule has 0 bridgehead atoms. The Labute approximate surface area is 184 Å². The normalized spacial score (nSPS) is 10.9. The predicted octanol–water partition coefficient (Wildman–Crippen LogP) is 2.71. The van der Waals surface area contributed by atoms with E-state index in [1.165, 1.54) is 15.2 Å². The minimum absolute atomic E-state index is 0.279.